The van der Waals surface area contributed by atoms with Crippen molar-refractivity contribution in [3.63, 3.8) is 0 Å². The Morgan fingerprint density at radius 3 is 2.50 bits per heavy atom. The lowest BCUT2D eigenvalue weighted by molar-refractivity contribution is 0.626. The van der Waals surface area contributed by atoms with E-state index in [-0.39, 0.29) is 29.8 Å². The molecular weight excluding hydrogens is 414 g/mol. The zero-order chi connectivity index (χ0) is 15.1. The lowest BCUT2D eigenvalue weighted by atomic mass is 10.2. The molecule has 1 aromatic carbocycles. The summed E-state index contributed by atoms with van der Waals surface area (Å²) in [4.78, 5) is 9.79. The Bertz CT molecular complexity index is 598. The second-order valence-electron chi connectivity index (χ2n) is 4.48. The molecular formula is C15H20FIN4S. The SMILES string of the molecule is CCc1cnc(CNC(=NC)NCc2ccc(F)cc2)s1.I. The molecule has 4 nitrogen and oxygen atoms in total. The van der Waals surface area contributed by atoms with Gasteiger partial charge in [-0.1, -0.05) is 19.1 Å². The Labute approximate surface area is 151 Å². The van der Waals surface area contributed by atoms with Crippen LogP contribution >= 0.6 is 35.3 Å². The van der Waals surface area contributed by atoms with Crippen molar-refractivity contribution in [1.82, 2.24) is 15.6 Å². The van der Waals surface area contributed by atoms with E-state index in [1.807, 2.05) is 6.20 Å². The monoisotopic (exact) mass is 434 g/mol. The Morgan fingerprint density at radius 2 is 1.91 bits per heavy atom. The predicted molar refractivity (Wildman–Crippen MR) is 100 cm³/mol. The third kappa shape index (κ3) is 5.88. The summed E-state index contributed by atoms with van der Waals surface area (Å²) < 4.78 is 12.8. The van der Waals surface area contributed by atoms with E-state index in [1.165, 1.54) is 17.0 Å². The molecule has 7 heteroatoms. The summed E-state index contributed by atoms with van der Waals surface area (Å²) in [7, 11) is 1.72. The standard InChI is InChI=1S/C15H19FN4S.HI/c1-3-13-9-18-14(21-13)10-20-15(17-2)19-8-11-4-6-12(16)7-5-11;/h4-7,9H,3,8,10H2,1-2H3,(H2,17,19,20);1H. The summed E-state index contributed by atoms with van der Waals surface area (Å²) >= 11 is 1.70. The molecule has 2 rings (SSSR count). The molecule has 0 aliphatic rings. The number of aliphatic imine (C=N–C) groups is 1. The average Bonchev–Trinajstić information content (AvgIpc) is 2.97. The molecule has 0 aliphatic heterocycles. The minimum Gasteiger partial charge on any atom is -0.352 e. The Morgan fingerprint density at radius 1 is 1.23 bits per heavy atom. The van der Waals surface area contributed by atoms with E-state index >= 15 is 0 Å². The third-order valence-corrected chi connectivity index (χ3v) is 4.10. The summed E-state index contributed by atoms with van der Waals surface area (Å²) in [6.45, 7) is 3.36. The van der Waals surface area contributed by atoms with Gasteiger partial charge in [0.15, 0.2) is 5.96 Å². The van der Waals surface area contributed by atoms with Crippen LogP contribution in [0.1, 0.15) is 22.4 Å². The van der Waals surface area contributed by atoms with Crippen LogP contribution in [-0.2, 0) is 19.5 Å². The maximum Gasteiger partial charge on any atom is 0.191 e. The lowest BCUT2D eigenvalue weighted by Gasteiger charge is -2.10. The highest BCUT2D eigenvalue weighted by Gasteiger charge is 2.03. The van der Waals surface area contributed by atoms with Gasteiger partial charge in [0, 0.05) is 24.7 Å². The van der Waals surface area contributed by atoms with Crippen molar-refractivity contribution < 1.29 is 4.39 Å². The van der Waals surface area contributed by atoms with Gasteiger partial charge in [0.25, 0.3) is 0 Å². The largest absolute Gasteiger partial charge is 0.352 e. The number of nitrogens with one attached hydrogen (secondary N) is 2. The summed E-state index contributed by atoms with van der Waals surface area (Å²) in [6, 6.07) is 6.41. The number of aromatic nitrogens is 1. The molecule has 22 heavy (non-hydrogen) atoms. The molecule has 0 amide bonds. The van der Waals surface area contributed by atoms with Crippen molar-refractivity contribution in [2.45, 2.75) is 26.4 Å². The molecule has 120 valence electrons. The van der Waals surface area contributed by atoms with Gasteiger partial charge in [-0.15, -0.1) is 35.3 Å². The highest BCUT2D eigenvalue weighted by atomic mass is 127. The van der Waals surface area contributed by atoms with Gasteiger partial charge in [-0.05, 0) is 24.1 Å². The van der Waals surface area contributed by atoms with Crippen LogP contribution in [0.4, 0.5) is 4.39 Å². The minimum absolute atomic E-state index is 0. The van der Waals surface area contributed by atoms with Gasteiger partial charge in [0.1, 0.15) is 10.8 Å². The van der Waals surface area contributed by atoms with Crippen molar-refractivity contribution in [2.24, 2.45) is 4.99 Å². The van der Waals surface area contributed by atoms with Crippen LogP contribution < -0.4 is 10.6 Å². The number of halogens is 2. The fraction of sp³-hybridized carbons (Fsp3) is 0.333. The molecule has 0 radical (unpaired) electrons. The van der Waals surface area contributed by atoms with Crippen LogP contribution in [0, 0.1) is 5.82 Å². The molecule has 2 N–H and O–H groups in total. The number of nitrogens with zero attached hydrogens (tertiary/aromatic N) is 2. The summed E-state index contributed by atoms with van der Waals surface area (Å²) in [5, 5.41) is 7.45. The van der Waals surface area contributed by atoms with E-state index < -0.39 is 0 Å². The fourth-order valence-electron chi connectivity index (χ4n) is 1.76. The van der Waals surface area contributed by atoms with Gasteiger partial charge >= 0.3 is 0 Å². The smallest absolute Gasteiger partial charge is 0.191 e. The van der Waals surface area contributed by atoms with Crippen LogP contribution in [0.25, 0.3) is 0 Å². The molecule has 0 atom stereocenters. The van der Waals surface area contributed by atoms with E-state index in [9.17, 15) is 4.39 Å². The van der Waals surface area contributed by atoms with E-state index in [1.54, 1.807) is 30.5 Å². The van der Waals surface area contributed by atoms with Crippen LogP contribution in [-0.4, -0.2) is 18.0 Å². The highest BCUT2D eigenvalue weighted by Crippen LogP contribution is 2.12. The summed E-state index contributed by atoms with van der Waals surface area (Å²) in [5.74, 6) is 0.476. The van der Waals surface area contributed by atoms with E-state index in [0.29, 0.717) is 19.0 Å². The minimum atomic E-state index is -0.225. The van der Waals surface area contributed by atoms with Gasteiger partial charge in [0.05, 0.1) is 6.54 Å². The number of benzene rings is 1. The molecule has 0 fully saturated rings. The predicted octanol–water partition coefficient (Wildman–Crippen LogP) is 3.33. The van der Waals surface area contributed by atoms with Crippen molar-refractivity contribution >= 4 is 41.3 Å². The van der Waals surface area contributed by atoms with Crippen LogP contribution in [0.5, 0.6) is 0 Å². The van der Waals surface area contributed by atoms with E-state index in [4.69, 9.17) is 0 Å². The Hall–Kier alpha value is -1.22. The third-order valence-electron chi connectivity index (χ3n) is 2.95. The van der Waals surface area contributed by atoms with Crippen LogP contribution in [0.3, 0.4) is 0 Å². The number of aryl methyl sites for hydroxylation is 1. The van der Waals surface area contributed by atoms with E-state index in [0.717, 1.165) is 17.0 Å². The Balaban J connectivity index is 0.00000242. The number of thiazole rings is 1. The first-order valence-electron chi connectivity index (χ1n) is 6.83. The number of hydrogen-bond acceptors (Lipinski definition) is 3. The highest BCUT2D eigenvalue weighted by molar-refractivity contribution is 14.0. The molecule has 1 aromatic heterocycles. The molecule has 0 aliphatic carbocycles. The molecule has 0 spiro atoms. The first-order chi connectivity index (χ1) is 10.2. The van der Waals surface area contributed by atoms with Gasteiger partial charge in [-0.25, -0.2) is 9.37 Å². The van der Waals surface area contributed by atoms with Crippen molar-refractivity contribution in [3.05, 3.63) is 51.7 Å². The first-order valence-corrected chi connectivity index (χ1v) is 7.65. The maximum atomic E-state index is 12.8. The molecule has 0 saturated carbocycles. The average molecular weight is 434 g/mol. The molecule has 0 bridgehead atoms. The number of hydrogen-bond donors (Lipinski definition) is 2. The molecule has 0 unspecified atom stereocenters. The zero-order valence-electron chi connectivity index (χ0n) is 12.6. The second-order valence-corrected chi connectivity index (χ2v) is 5.68. The van der Waals surface area contributed by atoms with Crippen molar-refractivity contribution in [2.75, 3.05) is 7.05 Å². The maximum absolute atomic E-state index is 12.8. The van der Waals surface area contributed by atoms with Gasteiger partial charge < -0.3 is 10.6 Å². The van der Waals surface area contributed by atoms with E-state index in [2.05, 4.69) is 27.5 Å². The summed E-state index contributed by atoms with van der Waals surface area (Å²) in [6.07, 6.45) is 2.92. The zero-order valence-corrected chi connectivity index (χ0v) is 15.7. The van der Waals surface area contributed by atoms with Gasteiger partial charge in [-0.2, -0.15) is 0 Å². The Kier molecular flexibility index (Phi) is 8.32. The number of guanidine groups is 1. The fourth-order valence-corrected chi connectivity index (χ4v) is 2.56. The normalized spacial score (nSPS) is 11.0. The molecule has 1 heterocycles. The first kappa shape index (κ1) is 18.8. The topological polar surface area (TPSA) is 49.3 Å². The molecule has 2 aromatic rings. The van der Waals surface area contributed by atoms with Crippen LogP contribution in [0.2, 0.25) is 0 Å². The number of rotatable bonds is 5. The summed E-state index contributed by atoms with van der Waals surface area (Å²) in [5.41, 5.74) is 1.00. The van der Waals surface area contributed by atoms with Gasteiger partial charge in [0.2, 0.25) is 0 Å². The van der Waals surface area contributed by atoms with Gasteiger partial charge in [-0.3, -0.25) is 4.99 Å². The molecule has 0 saturated heterocycles. The van der Waals surface area contributed by atoms with Crippen molar-refractivity contribution in [3.8, 4) is 0 Å². The second kappa shape index (κ2) is 9.73. The van der Waals surface area contributed by atoms with Crippen molar-refractivity contribution in [1.29, 1.82) is 0 Å². The quantitative estimate of drug-likeness (QED) is 0.431. The lowest BCUT2D eigenvalue weighted by Crippen LogP contribution is -2.36. The van der Waals surface area contributed by atoms with Crippen LogP contribution in [0.15, 0.2) is 35.5 Å².